The van der Waals surface area contributed by atoms with E-state index in [1.165, 1.54) is 11.1 Å². The van der Waals surface area contributed by atoms with Gasteiger partial charge in [0.05, 0.1) is 0 Å². The number of nitrogens with one attached hydrogen (secondary N) is 1. The summed E-state index contributed by atoms with van der Waals surface area (Å²) in [5.74, 6) is 0.406. The van der Waals surface area contributed by atoms with Gasteiger partial charge in [0.25, 0.3) is 0 Å². The Bertz CT molecular complexity index is 536. The predicted molar refractivity (Wildman–Crippen MR) is 93.5 cm³/mol. The standard InChI is InChI=1S/C19H30N2O2/c1-14-8-6-9-15(12-14)17(20-5)16-10-7-11-21(13-16)18(22)23-19(2,3)4/h6,8-9,12,16-17,20H,7,10-11,13H2,1-5H3. The smallest absolute Gasteiger partial charge is 0.410 e. The molecule has 2 rings (SSSR count). The van der Waals surface area contributed by atoms with E-state index in [2.05, 4.69) is 36.5 Å². The van der Waals surface area contributed by atoms with Gasteiger partial charge >= 0.3 is 6.09 Å². The molecular formula is C19H30N2O2. The second-order valence-electron chi connectivity index (χ2n) is 7.51. The monoisotopic (exact) mass is 318 g/mol. The zero-order valence-corrected chi connectivity index (χ0v) is 15.1. The van der Waals surface area contributed by atoms with Crippen molar-refractivity contribution >= 4 is 6.09 Å². The molecule has 0 saturated carbocycles. The summed E-state index contributed by atoms with van der Waals surface area (Å²) in [5.41, 5.74) is 2.12. The van der Waals surface area contributed by atoms with E-state index < -0.39 is 5.60 Å². The van der Waals surface area contributed by atoms with Crippen LogP contribution >= 0.6 is 0 Å². The number of carbonyl (C=O) groups is 1. The molecule has 1 fully saturated rings. The molecule has 128 valence electrons. The number of amides is 1. The van der Waals surface area contributed by atoms with Crippen molar-refractivity contribution in [3.63, 3.8) is 0 Å². The van der Waals surface area contributed by atoms with E-state index in [1.807, 2.05) is 32.7 Å². The largest absolute Gasteiger partial charge is 0.444 e. The number of carbonyl (C=O) groups excluding carboxylic acids is 1. The molecule has 1 aromatic rings. The van der Waals surface area contributed by atoms with Gasteiger partial charge in [-0.2, -0.15) is 0 Å². The SMILES string of the molecule is CNC(c1cccc(C)c1)C1CCCN(C(=O)OC(C)(C)C)C1. The maximum absolute atomic E-state index is 12.3. The predicted octanol–water partition coefficient (Wildman–Crippen LogP) is 3.90. The van der Waals surface area contributed by atoms with Crippen molar-refractivity contribution in [1.29, 1.82) is 0 Å². The molecule has 2 unspecified atom stereocenters. The number of aryl methyl sites for hydroxylation is 1. The molecule has 2 atom stereocenters. The zero-order valence-electron chi connectivity index (χ0n) is 15.1. The van der Waals surface area contributed by atoms with Crippen LogP contribution in [0.15, 0.2) is 24.3 Å². The molecule has 0 bridgehead atoms. The van der Waals surface area contributed by atoms with Crippen molar-refractivity contribution in [2.45, 2.75) is 52.2 Å². The van der Waals surface area contributed by atoms with Crippen LogP contribution in [-0.2, 0) is 4.74 Å². The van der Waals surface area contributed by atoms with Crippen LogP contribution in [0.3, 0.4) is 0 Å². The lowest BCUT2D eigenvalue weighted by molar-refractivity contribution is 0.0145. The maximum atomic E-state index is 12.3. The molecule has 1 N–H and O–H groups in total. The fourth-order valence-corrected chi connectivity index (χ4v) is 3.31. The lowest BCUT2D eigenvalue weighted by Crippen LogP contribution is -2.45. The van der Waals surface area contributed by atoms with E-state index in [0.717, 1.165) is 25.9 Å². The fourth-order valence-electron chi connectivity index (χ4n) is 3.31. The summed E-state index contributed by atoms with van der Waals surface area (Å²) in [6.45, 7) is 9.38. The van der Waals surface area contributed by atoms with Crippen LogP contribution < -0.4 is 5.32 Å². The lowest BCUT2D eigenvalue weighted by Gasteiger charge is -2.37. The number of ether oxygens (including phenoxy) is 1. The molecule has 1 aliphatic rings. The average Bonchev–Trinajstić information content (AvgIpc) is 2.47. The van der Waals surface area contributed by atoms with Crippen molar-refractivity contribution in [1.82, 2.24) is 10.2 Å². The van der Waals surface area contributed by atoms with Crippen LogP contribution in [0.25, 0.3) is 0 Å². The van der Waals surface area contributed by atoms with Crippen LogP contribution in [0.4, 0.5) is 4.79 Å². The minimum atomic E-state index is -0.441. The van der Waals surface area contributed by atoms with Crippen molar-refractivity contribution in [3.8, 4) is 0 Å². The first-order valence-corrected chi connectivity index (χ1v) is 8.52. The van der Waals surface area contributed by atoms with E-state index in [-0.39, 0.29) is 12.1 Å². The summed E-state index contributed by atoms with van der Waals surface area (Å²) in [6.07, 6.45) is 1.95. The number of hydrogen-bond acceptors (Lipinski definition) is 3. The Balaban J connectivity index is 2.08. The molecule has 0 radical (unpaired) electrons. The van der Waals surface area contributed by atoms with Gasteiger partial charge in [-0.15, -0.1) is 0 Å². The van der Waals surface area contributed by atoms with Crippen molar-refractivity contribution < 1.29 is 9.53 Å². The van der Waals surface area contributed by atoms with Crippen LogP contribution in [0.2, 0.25) is 0 Å². The Kier molecular flexibility index (Phi) is 5.69. The van der Waals surface area contributed by atoms with Crippen LogP contribution in [0.5, 0.6) is 0 Å². The Hall–Kier alpha value is -1.55. The highest BCUT2D eigenvalue weighted by Gasteiger charge is 2.31. The number of hydrogen-bond donors (Lipinski definition) is 1. The van der Waals surface area contributed by atoms with E-state index in [9.17, 15) is 4.79 Å². The van der Waals surface area contributed by atoms with Crippen LogP contribution in [0.1, 0.15) is 50.8 Å². The molecule has 4 nitrogen and oxygen atoms in total. The quantitative estimate of drug-likeness (QED) is 0.919. The highest BCUT2D eigenvalue weighted by molar-refractivity contribution is 5.68. The molecule has 0 aromatic heterocycles. The number of benzene rings is 1. The Morgan fingerprint density at radius 2 is 2.13 bits per heavy atom. The first-order chi connectivity index (χ1) is 10.8. The molecule has 4 heteroatoms. The summed E-state index contributed by atoms with van der Waals surface area (Å²) in [7, 11) is 2.00. The summed E-state index contributed by atoms with van der Waals surface area (Å²) in [6, 6.07) is 8.88. The molecule has 0 aliphatic carbocycles. The highest BCUT2D eigenvalue weighted by atomic mass is 16.6. The van der Waals surface area contributed by atoms with Crippen molar-refractivity contribution in [2.75, 3.05) is 20.1 Å². The second kappa shape index (κ2) is 7.35. The average molecular weight is 318 g/mol. The summed E-state index contributed by atoms with van der Waals surface area (Å²) >= 11 is 0. The van der Waals surface area contributed by atoms with Gasteiger partial charge < -0.3 is 15.0 Å². The zero-order chi connectivity index (χ0) is 17.0. The minimum absolute atomic E-state index is 0.193. The normalized spacial score (nSPS) is 20.2. The molecule has 1 aromatic carbocycles. The van der Waals surface area contributed by atoms with Gasteiger partial charge in [0.15, 0.2) is 0 Å². The van der Waals surface area contributed by atoms with Crippen molar-refractivity contribution in [2.24, 2.45) is 5.92 Å². The van der Waals surface area contributed by atoms with E-state index in [1.54, 1.807) is 0 Å². The molecule has 1 heterocycles. The second-order valence-corrected chi connectivity index (χ2v) is 7.51. The Morgan fingerprint density at radius 1 is 1.39 bits per heavy atom. The van der Waals surface area contributed by atoms with E-state index in [4.69, 9.17) is 4.74 Å². The number of rotatable bonds is 3. The molecular weight excluding hydrogens is 288 g/mol. The summed E-state index contributed by atoms with van der Waals surface area (Å²) in [4.78, 5) is 14.2. The molecule has 1 amide bonds. The van der Waals surface area contributed by atoms with Gasteiger partial charge in [0, 0.05) is 19.1 Å². The third-order valence-corrected chi connectivity index (χ3v) is 4.29. The molecule has 1 aliphatic heterocycles. The Labute approximate surface area is 140 Å². The van der Waals surface area contributed by atoms with E-state index >= 15 is 0 Å². The number of nitrogens with zero attached hydrogens (tertiary/aromatic N) is 1. The van der Waals surface area contributed by atoms with Gasteiger partial charge in [0.1, 0.15) is 5.60 Å². The van der Waals surface area contributed by atoms with Gasteiger partial charge in [-0.3, -0.25) is 0 Å². The first kappa shape index (κ1) is 17.8. The van der Waals surface area contributed by atoms with Gasteiger partial charge in [-0.1, -0.05) is 29.8 Å². The Morgan fingerprint density at radius 3 is 2.74 bits per heavy atom. The third-order valence-electron chi connectivity index (χ3n) is 4.29. The van der Waals surface area contributed by atoms with E-state index in [0.29, 0.717) is 5.92 Å². The van der Waals surface area contributed by atoms with Crippen molar-refractivity contribution in [3.05, 3.63) is 35.4 Å². The summed E-state index contributed by atoms with van der Waals surface area (Å²) in [5, 5.41) is 3.44. The minimum Gasteiger partial charge on any atom is -0.444 e. The molecule has 23 heavy (non-hydrogen) atoms. The van der Waals surface area contributed by atoms with Crippen LogP contribution in [-0.4, -0.2) is 36.7 Å². The first-order valence-electron chi connectivity index (χ1n) is 8.52. The lowest BCUT2D eigenvalue weighted by atomic mass is 9.86. The highest BCUT2D eigenvalue weighted by Crippen LogP contribution is 2.30. The number of likely N-dealkylation sites (tertiary alicyclic amines) is 1. The van der Waals surface area contributed by atoms with Gasteiger partial charge in [-0.05, 0) is 59.1 Å². The number of piperidine rings is 1. The topological polar surface area (TPSA) is 41.6 Å². The van der Waals surface area contributed by atoms with Crippen LogP contribution in [0, 0.1) is 12.8 Å². The van der Waals surface area contributed by atoms with Gasteiger partial charge in [0.2, 0.25) is 0 Å². The molecule has 1 saturated heterocycles. The summed E-state index contributed by atoms with van der Waals surface area (Å²) < 4.78 is 5.53. The molecule has 0 spiro atoms. The fraction of sp³-hybridized carbons (Fsp3) is 0.632. The maximum Gasteiger partial charge on any atom is 0.410 e. The van der Waals surface area contributed by atoms with Gasteiger partial charge in [-0.25, -0.2) is 4.79 Å². The third kappa shape index (κ3) is 4.96.